The lowest BCUT2D eigenvalue weighted by atomic mass is 10.1. The van der Waals surface area contributed by atoms with Crippen LogP contribution in [0.3, 0.4) is 0 Å². The topological polar surface area (TPSA) is 94.2 Å². The molecule has 2 aromatic heterocycles. The van der Waals surface area contributed by atoms with Gasteiger partial charge in [-0.25, -0.2) is 9.18 Å². The minimum atomic E-state index is -4.77. The van der Waals surface area contributed by atoms with E-state index in [1.165, 1.54) is 52.1 Å². The average molecular weight is 788 g/mol. The van der Waals surface area contributed by atoms with Gasteiger partial charge in [-0.1, -0.05) is 33.6 Å². The molecule has 1 atom stereocenters. The highest BCUT2D eigenvalue weighted by Crippen LogP contribution is 2.36. The number of fused-ring (bicyclic) bond motifs is 2. The molecule has 0 aliphatic carbocycles. The molecular formula is C32H23BrClF7N6O3. The normalized spacial score (nSPS) is 15.0. The summed E-state index contributed by atoms with van der Waals surface area (Å²) in [6.07, 6.45) is -8.16. The maximum Gasteiger partial charge on any atom is 0.417 e. The number of alkyl halides is 6. The molecule has 3 aromatic carbocycles. The molecular weight excluding hydrogens is 765 g/mol. The van der Waals surface area contributed by atoms with E-state index in [9.17, 15) is 45.1 Å². The summed E-state index contributed by atoms with van der Waals surface area (Å²) in [5.74, 6) is -2.41. The van der Waals surface area contributed by atoms with Crippen LogP contribution in [-0.4, -0.2) is 47.8 Å². The molecule has 0 radical (unpaired) electrons. The third-order valence-electron chi connectivity index (χ3n) is 8.24. The van der Waals surface area contributed by atoms with E-state index >= 15 is 0 Å². The minimum Gasteiger partial charge on any atom is -0.346 e. The van der Waals surface area contributed by atoms with Crippen molar-refractivity contribution in [3.8, 4) is 5.69 Å². The van der Waals surface area contributed by atoms with Crippen molar-refractivity contribution in [2.24, 2.45) is 0 Å². The number of nitrogens with one attached hydrogen (secondary N) is 1. The van der Waals surface area contributed by atoms with Crippen LogP contribution in [0.15, 0.2) is 70.1 Å². The van der Waals surface area contributed by atoms with Crippen LogP contribution in [0.4, 0.5) is 30.7 Å². The third-order valence-corrected chi connectivity index (χ3v) is 9.28. The Morgan fingerprint density at radius 2 is 1.80 bits per heavy atom. The standard InChI is InChI=1S/C32H23BrClF7N6O3/c1-16-13-45-26(14-44(16)29(49)17-5-7-22(33)21(10-17)32(39,40)41)27(28(48)42-12-20-23(34)3-2-4-24(20)35)47(30(45)50)19-6-8-25-18(9-19)11-43-46(25)15-31(36,37)38/h2-11,16H,12-15H2,1H3,(H,42,48)/t16-/m0/s1. The first kappa shape index (κ1) is 35.2. The molecule has 1 N–H and O–H groups in total. The summed E-state index contributed by atoms with van der Waals surface area (Å²) >= 11 is 8.99. The second kappa shape index (κ2) is 12.9. The highest BCUT2D eigenvalue weighted by atomic mass is 79.9. The summed E-state index contributed by atoms with van der Waals surface area (Å²) in [6, 6.07) is 10.2. The smallest absolute Gasteiger partial charge is 0.346 e. The predicted octanol–water partition coefficient (Wildman–Crippen LogP) is 7.10. The molecule has 18 heteroatoms. The van der Waals surface area contributed by atoms with E-state index in [1.54, 1.807) is 6.92 Å². The molecule has 1 aliphatic heterocycles. The van der Waals surface area contributed by atoms with E-state index in [0.29, 0.717) is 6.07 Å². The molecule has 50 heavy (non-hydrogen) atoms. The van der Waals surface area contributed by atoms with Crippen LogP contribution in [0.2, 0.25) is 5.02 Å². The van der Waals surface area contributed by atoms with Crippen molar-refractivity contribution in [2.45, 2.75) is 51.5 Å². The summed E-state index contributed by atoms with van der Waals surface area (Å²) in [4.78, 5) is 42.8. The fraction of sp³-hybridized carbons (Fsp3) is 0.250. The van der Waals surface area contributed by atoms with Gasteiger partial charge in [0.15, 0.2) is 0 Å². The lowest BCUT2D eigenvalue weighted by Gasteiger charge is -2.34. The van der Waals surface area contributed by atoms with E-state index in [4.69, 9.17) is 11.6 Å². The van der Waals surface area contributed by atoms with Crippen LogP contribution in [0.5, 0.6) is 0 Å². The van der Waals surface area contributed by atoms with Gasteiger partial charge in [0.2, 0.25) is 0 Å². The van der Waals surface area contributed by atoms with Crippen LogP contribution in [0.25, 0.3) is 16.6 Å². The first-order chi connectivity index (χ1) is 23.4. The molecule has 262 valence electrons. The van der Waals surface area contributed by atoms with Crippen LogP contribution >= 0.6 is 27.5 Å². The van der Waals surface area contributed by atoms with Gasteiger partial charge in [0.25, 0.3) is 11.8 Å². The summed E-state index contributed by atoms with van der Waals surface area (Å²) in [7, 11) is 0. The van der Waals surface area contributed by atoms with Crippen LogP contribution in [0, 0.1) is 5.82 Å². The molecule has 0 spiro atoms. The van der Waals surface area contributed by atoms with Crippen molar-refractivity contribution in [3.05, 3.63) is 115 Å². The maximum atomic E-state index is 14.6. The van der Waals surface area contributed by atoms with Crippen molar-refractivity contribution >= 4 is 50.2 Å². The van der Waals surface area contributed by atoms with Gasteiger partial charge in [0.05, 0.1) is 35.2 Å². The summed E-state index contributed by atoms with van der Waals surface area (Å²) in [5.41, 5.74) is -2.26. The number of amides is 2. The first-order valence-electron chi connectivity index (χ1n) is 14.7. The SMILES string of the molecule is C[C@H]1Cn2c(c(C(=O)NCc3c(F)cccc3Cl)n(-c3ccc4c(cnn4CC(F)(F)F)c3)c2=O)CN1C(=O)c1ccc(Br)c(C(F)(F)F)c1. The van der Waals surface area contributed by atoms with Gasteiger partial charge in [-0.2, -0.15) is 31.4 Å². The Morgan fingerprint density at radius 1 is 1.06 bits per heavy atom. The Labute approximate surface area is 291 Å². The number of hydrogen-bond acceptors (Lipinski definition) is 4. The molecule has 0 bridgehead atoms. The van der Waals surface area contributed by atoms with Gasteiger partial charge < -0.3 is 10.2 Å². The van der Waals surface area contributed by atoms with E-state index in [1.807, 2.05) is 0 Å². The molecule has 5 aromatic rings. The highest BCUT2D eigenvalue weighted by Gasteiger charge is 2.38. The number of benzene rings is 3. The maximum absolute atomic E-state index is 14.6. The molecule has 0 saturated carbocycles. The Balaban J connectivity index is 1.44. The number of rotatable bonds is 6. The van der Waals surface area contributed by atoms with Gasteiger partial charge in [0.1, 0.15) is 18.1 Å². The number of imidazole rings is 1. The Kier molecular flexibility index (Phi) is 9.09. The molecule has 0 fully saturated rings. The number of carbonyl (C=O) groups excluding carboxylic acids is 2. The molecule has 2 amide bonds. The number of aromatic nitrogens is 4. The second-order valence-corrected chi connectivity index (χ2v) is 12.8. The Morgan fingerprint density at radius 3 is 2.48 bits per heavy atom. The van der Waals surface area contributed by atoms with Crippen molar-refractivity contribution < 1.29 is 40.3 Å². The monoisotopic (exact) mass is 786 g/mol. The summed E-state index contributed by atoms with van der Waals surface area (Å²) < 4.78 is 97.6. The lowest BCUT2D eigenvalue weighted by molar-refractivity contribution is -0.142. The molecule has 0 saturated heterocycles. The zero-order valence-electron chi connectivity index (χ0n) is 25.5. The summed E-state index contributed by atoms with van der Waals surface area (Å²) in [5, 5.41) is 6.57. The van der Waals surface area contributed by atoms with Crippen molar-refractivity contribution in [2.75, 3.05) is 0 Å². The van der Waals surface area contributed by atoms with E-state index < -0.39 is 66.9 Å². The van der Waals surface area contributed by atoms with Crippen LogP contribution in [0.1, 0.15) is 44.6 Å². The molecule has 3 heterocycles. The highest BCUT2D eigenvalue weighted by molar-refractivity contribution is 9.10. The second-order valence-electron chi connectivity index (χ2n) is 11.5. The predicted molar refractivity (Wildman–Crippen MR) is 170 cm³/mol. The zero-order chi connectivity index (χ0) is 36.3. The lowest BCUT2D eigenvalue weighted by Crippen LogP contribution is -2.47. The molecule has 6 rings (SSSR count). The van der Waals surface area contributed by atoms with Gasteiger partial charge >= 0.3 is 18.0 Å². The van der Waals surface area contributed by atoms with Crippen LogP contribution in [-0.2, 0) is 32.4 Å². The van der Waals surface area contributed by atoms with E-state index in [-0.39, 0.29) is 55.1 Å². The van der Waals surface area contributed by atoms with Gasteiger partial charge in [-0.05, 0) is 55.5 Å². The average Bonchev–Trinajstić information content (AvgIpc) is 3.55. The number of carbonyl (C=O) groups is 2. The first-order valence-corrected chi connectivity index (χ1v) is 15.9. The molecule has 1 aliphatic rings. The number of hydrogen-bond donors (Lipinski definition) is 1. The molecule has 9 nitrogen and oxygen atoms in total. The summed E-state index contributed by atoms with van der Waals surface area (Å²) in [6.45, 7) is -0.762. The number of halogens is 9. The zero-order valence-corrected chi connectivity index (χ0v) is 27.9. The van der Waals surface area contributed by atoms with Crippen LogP contribution < -0.4 is 11.0 Å². The number of nitrogens with zero attached hydrogens (tertiary/aromatic N) is 5. The van der Waals surface area contributed by atoms with Gasteiger partial charge in [-0.15, -0.1) is 0 Å². The molecule has 0 unspecified atom stereocenters. The fourth-order valence-corrected chi connectivity index (χ4v) is 6.57. The minimum absolute atomic E-state index is 0.0135. The Hall–Kier alpha value is -4.64. The Bertz CT molecular complexity index is 2210. The van der Waals surface area contributed by atoms with Crippen molar-refractivity contribution in [3.63, 3.8) is 0 Å². The van der Waals surface area contributed by atoms with E-state index in [2.05, 4.69) is 26.3 Å². The van der Waals surface area contributed by atoms with Crippen molar-refractivity contribution in [1.82, 2.24) is 29.1 Å². The van der Waals surface area contributed by atoms with E-state index in [0.717, 1.165) is 21.4 Å². The largest absolute Gasteiger partial charge is 0.417 e. The quantitative estimate of drug-likeness (QED) is 0.186. The third kappa shape index (κ3) is 6.63. The van der Waals surface area contributed by atoms with Crippen molar-refractivity contribution in [1.29, 1.82) is 0 Å². The van der Waals surface area contributed by atoms with Gasteiger partial charge in [0, 0.05) is 45.1 Å². The van der Waals surface area contributed by atoms with Gasteiger partial charge in [-0.3, -0.25) is 23.4 Å². The fourth-order valence-electron chi connectivity index (χ4n) is 5.87.